The number of benzene rings is 3. The molecule has 1 unspecified atom stereocenters. The van der Waals surface area contributed by atoms with Gasteiger partial charge in [0.25, 0.3) is 0 Å². The molecule has 3 N–H and O–H groups in total. The van der Waals surface area contributed by atoms with Crippen LogP contribution in [0.25, 0.3) is 22.3 Å². The first-order valence-electron chi connectivity index (χ1n) is 11.3. The minimum Gasteiger partial charge on any atom is -0.465 e. The number of fused-ring (bicyclic) bond motifs is 1. The lowest BCUT2D eigenvalue weighted by Gasteiger charge is -2.20. The van der Waals surface area contributed by atoms with Gasteiger partial charge in [-0.05, 0) is 49.7 Å². The van der Waals surface area contributed by atoms with Gasteiger partial charge in [-0.25, -0.2) is 4.79 Å². The number of esters is 1. The summed E-state index contributed by atoms with van der Waals surface area (Å²) in [6.45, 7) is 3.84. The molecule has 1 aromatic heterocycles. The molecule has 0 aliphatic rings. The van der Waals surface area contributed by atoms with Crippen molar-refractivity contribution in [1.29, 1.82) is 5.41 Å². The fourth-order valence-corrected chi connectivity index (χ4v) is 4.35. The highest BCUT2D eigenvalue weighted by molar-refractivity contribution is 6.31. The summed E-state index contributed by atoms with van der Waals surface area (Å²) in [5.41, 5.74) is 5.01. The Bertz CT molecular complexity index is 1540. The zero-order valence-corrected chi connectivity index (χ0v) is 21.1. The van der Waals surface area contributed by atoms with Crippen LogP contribution in [0.1, 0.15) is 40.0 Å². The Kier molecular flexibility index (Phi) is 7.12. The van der Waals surface area contributed by atoms with Crippen molar-refractivity contribution in [3.8, 4) is 11.3 Å². The first-order valence-corrected chi connectivity index (χ1v) is 11.7. The zero-order valence-electron chi connectivity index (χ0n) is 20.4. The van der Waals surface area contributed by atoms with E-state index in [9.17, 15) is 9.59 Å². The van der Waals surface area contributed by atoms with E-state index in [0.29, 0.717) is 38.6 Å². The highest BCUT2D eigenvalue weighted by Crippen LogP contribution is 2.33. The molecule has 8 heteroatoms. The van der Waals surface area contributed by atoms with Crippen molar-refractivity contribution >= 4 is 46.1 Å². The number of ether oxygens (including phenoxy) is 1. The van der Waals surface area contributed by atoms with Gasteiger partial charge in [0.15, 0.2) is 5.43 Å². The highest BCUT2D eigenvalue weighted by atomic mass is 35.5. The van der Waals surface area contributed by atoms with Crippen molar-refractivity contribution in [3.05, 3.63) is 92.1 Å². The number of aryl methyl sites for hydroxylation is 1. The Morgan fingerprint density at radius 2 is 1.89 bits per heavy atom. The Hall–Kier alpha value is -4.10. The summed E-state index contributed by atoms with van der Waals surface area (Å²) < 4.78 is 11.2. The maximum Gasteiger partial charge on any atom is 0.340 e. The molecule has 0 bridgehead atoms. The molecule has 0 aliphatic heterocycles. The average Bonchev–Trinajstić information content (AvgIpc) is 2.88. The van der Waals surface area contributed by atoms with Gasteiger partial charge >= 0.3 is 5.97 Å². The fraction of sp³-hybridized carbons (Fsp3) is 0.179. The number of anilines is 2. The molecule has 0 radical (unpaired) electrons. The van der Waals surface area contributed by atoms with E-state index < -0.39 is 5.97 Å². The number of halogens is 1. The van der Waals surface area contributed by atoms with Crippen LogP contribution in [0.3, 0.4) is 0 Å². The second kappa shape index (κ2) is 10.3. The third-order valence-electron chi connectivity index (χ3n) is 5.99. The molecule has 3 aromatic carbocycles. The van der Waals surface area contributed by atoms with E-state index in [0.717, 1.165) is 22.4 Å². The smallest absolute Gasteiger partial charge is 0.340 e. The molecule has 4 aromatic rings. The third-order valence-corrected chi connectivity index (χ3v) is 6.22. The molecule has 7 nitrogen and oxygen atoms in total. The van der Waals surface area contributed by atoms with Gasteiger partial charge in [-0.2, -0.15) is 0 Å². The quantitative estimate of drug-likeness (QED) is 0.198. The van der Waals surface area contributed by atoms with Crippen LogP contribution in [-0.2, 0) is 4.74 Å². The van der Waals surface area contributed by atoms with Gasteiger partial charge in [-0.1, -0.05) is 29.8 Å². The van der Waals surface area contributed by atoms with E-state index in [2.05, 4.69) is 10.6 Å². The Morgan fingerprint density at radius 1 is 1.11 bits per heavy atom. The van der Waals surface area contributed by atoms with Crippen LogP contribution in [0.2, 0.25) is 5.02 Å². The minimum atomic E-state index is -0.510. The van der Waals surface area contributed by atoms with Gasteiger partial charge < -0.3 is 25.2 Å². The van der Waals surface area contributed by atoms with Gasteiger partial charge in [-0.15, -0.1) is 0 Å². The van der Waals surface area contributed by atoms with Gasteiger partial charge in [0, 0.05) is 52.4 Å². The average molecular weight is 504 g/mol. The molecule has 0 fully saturated rings. The topological polar surface area (TPSA) is 104 Å². The van der Waals surface area contributed by atoms with Crippen LogP contribution >= 0.6 is 11.6 Å². The fourth-order valence-electron chi connectivity index (χ4n) is 4.18. The van der Waals surface area contributed by atoms with Gasteiger partial charge in [0.2, 0.25) is 0 Å². The largest absolute Gasteiger partial charge is 0.465 e. The summed E-state index contributed by atoms with van der Waals surface area (Å²) in [5, 5.41) is 14.9. The molecule has 0 saturated carbocycles. The molecule has 0 aliphatic carbocycles. The third kappa shape index (κ3) is 4.83. The first kappa shape index (κ1) is 25.0. The van der Waals surface area contributed by atoms with E-state index in [1.54, 1.807) is 37.4 Å². The summed E-state index contributed by atoms with van der Waals surface area (Å²) in [6.07, 6.45) is 1.26. The van der Waals surface area contributed by atoms with Gasteiger partial charge in [0.1, 0.15) is 11.3 Å². The molecule has 0 amide bonds. The lowest BCUT2D eigenvalue weighted by molar-refractivity contribution is 0.0602. The van der Waals surface area contributed by atoms with E-state index in [4.69, 9.17) is 26.2 Å². The Balaban J connectivity index is 1.84. The summed E-state index contributed by atoms with van der Waals surface area (Å²) in [6, 6.07) is 15.3. The van der Waals surface area contributed by atoms with Gasteiger partial charge in [-0.3, -0.25) is 4.79 Å². The molecular weight excluding hydrogens is 478 g/mol. The van der Waals surface area contributed by atoms with Crippen molar-refractivity contribution in [3.63, 3.8) is 0 Å². The van der Waals surface area contributed by atoms with E-state index in [1.165, 1.54) is 19.4 Å². The van der Waals surface area contributed by atoms with Crippen molar-refractivity contribution < 1.29 is 13.9 Å². The van der Waals surface area contributed by atoms with E-state index in [-0.39, 0.29) is 11.5 Å². The highest BCUT2D eigenvalue weighted by Gasteiger charge is 2.19. The van der Waals surface area contributed by atoms with Crippen LogP contribution in [-0.4, -0.2) is 26.3 Å². The van der Waals surface area contributed by atoms with E-state index >= 15 is 0 Å². The molecule has 1 atom stereocenters. The second-order valence-corrected chi connectivity index (χ2v) is 8.89. The first-order chi connectivity index (χ1) is 17.2. The summed E-state index contributed by atoms with van der Waals surface area (Å²) in [4.78, 5) is 25.5. The number of methoxy groups -OCH3 is 1. The predicted molar refractivity (Wildman–Crippen MR) is 145 cm³/mol. The second-order valence-electron chi connectivity index (χ2n) is 8.45. The summed E-state index contributed by atoms with van der Waals surface area (Å²) in [7, 11) is 3.09. The molecule has 36 heavy (non-hydrogen) atoms. The van der Waals surface area contributed by atoms with Crippen molar-refractivity contribution in [1.82, 2.24) is 0 Å². The number of hydrogen-bond donors (Lipinski definition) is 3. The number of rotatable bonds is 7. The van der Waals surface area contributed by atoms with Crippen molar-refractivity contribution in [2.75, 3.05) is 24.8 Å². The lowest BCUT2D eigenvalue weighted by atomic mass is 10.00. The standard InChI is InChI=1S/C28H26ClN3O4/c1-15-9-20(16(2)32-23-8-7-19(29)12-21(23)28(34)35-4)27-22(10-15)25(33)13-26(36-27)17-5-6-18(14-30)24(11-17)31-3/h5-14,16,30-32H,1-4H3. The Morgan fingerprint density at radius 3 is 2.58 bits per heavy atom. The van der Waals surface area contributed by atoms with Crippen LogP contribution < -0.4 is 16.1 Å². The van der Waals surface area contributed by atoms with E-state index in [1.807, 2.05) is 32.0 Å². The van der Waals surface area contributed by atoms with Crippen LogP contribution in [0.15, 0.2) is 63.8 Å². The molecule has 1 heterocycles. The maximum atomic E-state index is 13.1. The molecular formula is C28H26ClN3O4. The van der Waals surface area contributed by atoms with Crippen LogP contribution in [0.4, 0.5) is 11.4 Å². The predicted octanol–water partition coefficient (Wildman–Crippen LogP) is 6.42. The van der Waals surface area contributed by atoms with Gasteiger partial charge in [0.05, 0.1) is 24.1 Å². The van der Waals surface area contributed by atoms with Crippen LogP contribution in [0, 0.1) is 12.3 Å². The zero-order chi connectivity index (χ0) is 26.0. The van der Waals surface area contributed by atoms with Crippen molar-refractivity contribution in [2.45, 2.75) is 19.9 Å². The summed E-state index contributed by atoms with van der Waals surface area (Å²) in [5.74, 6) is -0.0941. The Labute approximate surface area is 213 Å². The lowest BCUT2D eigenvalue weighted by Crippen LogP contribution is -2.13. The maximum absolute atomic E-state index is 13.1. The minimum absolute atomic E-state index is 0.160. The number of hydrogen-bond acceptors (Lipinski definition) is 7. The summed E-state index contributed by atoms with van der Waals surface area (Å²) >= 11 is 6.10. The van der Waals surface area contributed by atoms with Crippen molar-refractivity contribution in [2.24, 2.45) is 0 Å². The molecule has 184 valence electrons. The normalized spacial score (nSPS) is 11.7. The molecule has 0 saturated heterocycles. The number of nitrogens with one attached hydrogen (secondary N) is 3. The number of carbonyl (C=O) groups excluding carboxylic acids is 1. The SMILES string of the molecule is CNc1cc(-c2cc(=O)c3cc(C)cc(C(C)Nc4ccc(Cl)cc4C(=O)OC)c3o2)ccc1C=N. The number of carbonyl (C=O) groups is 1. The molecule has 4 rings (SSSR count). The monoisotopic (exact) mass is 503 g/mol. The van der Waals surface area contributed by atoms with Crippen LogP contribution in [0.5, 0.6) is 0 Å². The molecule has 0 spiro atoms.